The fraction of sp³-hybridized carbons (Fsp3) is 0.562. The Balaban J connectivity index is 2.01. The molecule has 1 atom stereocenters. The van der Waals surface area contributed by atoms with Crippen molar-refractivity contribution in [3.8, 4) is 5.75 Å². The monoisotopic (exact) mass is 356 g/mol. The van der Waals surface area contributed by atoms with E-state index < -0.39 is 12.9 Å². The first-order valence-corrected chi connectivity index (χ1v) is 10.7. The third kappa shape index (κ3) is 3.15. The van der Waals surface area contributed by atoms with Crippen LogP contribution in [-0.2, 0) is 15.1 Å². The highest BCUT2D eigenvalue weighted by atomic mass is 31.2. The zero-order chi connectivity index (χ0) is 17.4. The zero-order valence-electron chi connectivity index (χ0n) is 13.9. The number of rotatable bonds is 5. The highest BCUT2D eigenvalue weighted by molar-refractivity contribution is 7.63. The van der Waals surface area contributed by atoms with E-state index in [0.29, 0.717) is 49.3 Å². The number of ether oxygens (including phenoxy) is 1. The molecule has 6 nitrogen and oxygen atoms in total. The molecule has 0 bridgehead atoms. The van der Waals surface area contributed by atoms with Crippen LogP contribution in [0.2, 0.25) is 0 Å². The molecule has 2 aliphatic heterocycles. The molecule has 0 aliphatic carbocycles. The van der Waals surface area contributed by atoms with Crippen LogP contribution in [0, 0.1) is 5.82 Å². The number of nitrogens with zero attached hydrogens (tertiary/aromatic N) is 2. The van der Waals surface area contributed by atoms with Crippen LogP contribution >= 0.6 is 7.14 Å². The van der Waals surface area contributed by atoms with Crippen molar-refractivity contribution >= 4 is 13.0 Å². The van der Waals surface area contributed by atoms with E-state index in [9.17, 15) is 14.1 Å². The van der Waals surface area contributed by atoms with Crippen LogP contribution in [0.1, 0.15) is 18.4 Å². The van der Waals surface area contributed by atoms with Gasteiger partial charge >= 0.3 is 0 Å². The predicted molar refractivity (Wildman–Crippen MR) is 89.4 cm³/mol. The van der Waals surface area contributed by atoms with Crippen molar-refractivity contribution in [2.45, 2.75) is 18.6 Å². The molecule has 24 heavy (non-hydrogen) atoms. The Kier molecular flexibility index (Phi) is 4.58. The van der Waals surface area contributed by atoms with Crippen molar-refractivity contribution in [1.29, 1.82) is 0 Å². The van der Waals surface area contributed by atoms with Crippen LogP contribution < -0.4 is 4.74 Å². The molecule has 0 aromatic heterocycles. The smallest absolute Gasteiger partial charge is 0.244 e. The largest absolute Gasteiger partial charge is 0.493 e. The van der Waals surface area contributed by atoms with Crippen LogP contribution in [-0.4, -0.2) is 55.1 Å². The lowest BCUT2D eigenvalue weighted by atomic mass is 9.94. The number of hydrogen-bond donors (Lipinski definition) is 1. The Hall–Kier alpha value is -1.59. The maximum atomic E-state index is 13.8. The van der Waals surface area contributed by atoms with E-state index in [0.717, 1.165) is 0 Å². The fourth-order valence-electron chi connectivity index (χ4n) is 3.17. The summed E-state index contributed by atoms with van der Waals surface area (Å²) in [4.78, 5) is 7.70. The molecule has 1 spiro atoms. The molecular formula is C16H22FN2O4P. The number of amidine groups is 1. The number of oxime groups is 1. The summed E-state index contributed by atoms with van der Waals surface area (Å²) in [5, 5.41) is 13.4. The van der Waals surface area contributed by atoms with Crippen molar-refractivity contribution in [1.82, 2.24) is 4.90 Å². The molecule has 1 N–H and O–H groups in total. The number of fused-ring (bicyclic) bond motifs is 2. The van der Waals surface area contributed by atoms with E-state index in [2.05, 4.69) is 5.16 Å². The summed E-state index contributed by atoms with van der Waals surface area (Å²) in [6, 6.07) is 4.33. The van der Waals surface area contributed by atoms with Gasteiger partial charge < -0.3 is 24.1 Å². The SMILES string of the molecule is CP(C)(=O)CC1=NOC2(CCOc3ccc(F)cc32)N1CCCO. The molecule has 3 rings (SSSR count). The van der Waals surface area contributed by atoms with Gasteiger partial charge in [0, 0.05) is 19.6 Å². The van der Waals surface area contributed by atoms with Gasteiger partial charge in [0.1, 0.15) is 11.6 Å². The lowest BCUT2D eigenvalue weighted by Gasteiger charge is -2.41. The van der Waals surface area contributed by atoms with E-state index >= 15 is 0 Å². The zero-order valence-corrected chi connectivity index (χ0v) is 14.8. The summed E-state index contributed by atoms with van der Waals surface area (Å²) >= 11 is 0. The first-order valence-electron chi connectivity index (χ1n) is 7.96. The van der Waals surface area contributed by atoms with E-state index in [4.69, 9.17) is 9.57 Å². The van der Waals surface area contributed by atoms with Gasteiger partial charge in [-0.3, -0.25) is 0 Å². The molecule has 2 heterocycles. The summed E-state index contributed by atoms with van der Waals surface area (Å²) in [5.41, 5.74) is -0.387. The average Bonchev–Trinajstić information content (AvgIpc) is 2.83. The number of aliphatic hydroxyl groups excluding tert-OH is 1. The first kappa shape index (κ1) is 17.2. The average molecular weight is 356 g/mol. The minimum absolute atomic E-state index is 0.0161. The van der Waals surface area contributed by atoms with Crippen molar-refractivity contribution < 1.29 is 23.6 Å². The quantitative estimate of drug-likeness (QED) is 0.821. The second-order valence-electron chi connectivity index (χ2n) is 6.58. The van der Waals surface area contributed by atoms with Crippen LogP contribution in [0.5, 0.6) is 5.75 Å². The molecule has 1 aromatic carbocycles. The van der Waals surface area contributed by atoms with Gasteiger partial charge in [-0.05, 0) is 37.9 Å². The van der Waals surface area contributed by atoms with E-state index in [-0.39, 0.29) is 12.4 Å². The first-order chi connectivity index (χ1) is 11.4. The van der Waals surface area contributed by atoms with Crippen LogP contribution in [0.4, 0.5) is 4.39 Å². The van der Waals surface area contributed by atoms with E-state index in [1.54, 1.807) is 19.4 Å². The Morgan fingerprint density at radius 2 is 2.25 bits per heavy atom. The highest BCUT2D eigenvalue weighted by Gasteiger charge is 2.51. The fourth-order valence-corrected chi connectivity index (χ4v) is 4.08. The molecule has 0 fully saturated rings. The summed E-state index contributed by atoms with van der Waals surface area (Å²) in [6.45, 7) is 4.30. The van der Waals surface area contributed by atoms with Crippen LogP contribution in [0.15, 0.2) is 23.4 Å². The topological polar surface area (TPSA) is 71.4 Å². The summed E-state index contributed by atoms with van der Waals surface area (Å²) in [6.07, 6.45) is 1.28. The number of aliphatic hydroxyl groups is 1. The summed E-state index contributed by atoms with van der Waals surface area (Å²) in [7, 11) is -2.37. The minimum atomic E-state index is -2.37. The molecule has 0 saturated carbocycles. The van der Waals surface area contributed by atoms with E-state index in [1.807, 2.05) is 4.90 Å². The number of benzene rings is 1. The molecule has 1 aromatic rings. The minimum Gasteiger partial charge on any atom is -0.493 e. The normalized spacial score (nSPS) is 22.8. The van der Waals surface area contributed by atoms with Crippen LogP contribution in [0.3, 0.4) is 0 Å². The Morgan fingerprint density at radius 3 is 2.96 bits per heavy atom. The summed E-state index contributed by atoms with van der Waals surface area (Å²) in [5.74, 6) is 0.757. The van der Waals surface area contributed by atoms with Gasteiger partial charge in [-0.15, -0.1) is 0 Å². The van der Waals surface area contributed by atoms with Crippen molar-refractivity contribution in [3.63, 3.8) is 0 Å². The van der Waals surface area contributed by atoms with E-state index in [1.165, 1.54) is 12.1 Å². The maximum Gasteiger partial charge on any atom is 0.244 e. The Labute approximate surface area is 140 Å². The third-order valence-electron chi connectivity index (χ3n) is 4.17. The van der Waals surface area contributed by atoms with Crippen molar-refractivity contribution in [2.75, 3.05) is 39.3 Å². The molecule has 2 aliphatic rings. The van der Waals surface area contributed by atoms with Gasteiger partial charge in [-0.2, -0.15) is 0 Å². The lowest BCUT2D eigenvalue weighted by Crippen LogP contribution is -2.50. The van der Waals surface area contributed by atoms with Gasteiger partial charge in [-0.25, -0.2) is 4.39 Å². The van der Waals surface area contributed by atoms with Crippen molar-refractivity contribution in [2.24, 2.45) is 5.16 Å². The Bertz CT molecular complexity index is 705. The number of halogens is 1. The highest BCUT2D eigenvalue weighted by Crippen LogP contribution is 2.47. The summed E-state index contributed by atoms with van der Waals surface area (Å²) < 4.78 is 31.7. The predicted octanol–water partition coefficient (Wildman–Crippen LogP) is 2.41. The van der Waals surface area contributed by atoms with Crippen molar-refractivity contribution in [3.05, 3.63) is 29.6 Å². The molecule has 1 unspecified atom stereocenters. The second kappa shape index (κ2) is 6.37. The standard InChI is InChI=1S/C16H22FN2O4P/c1-24(2,21)11-15-18-23-16(19(15)7-3-8-20)6-9-22-14-5-4-12(17)10-13(14)16/h4-5,10,20H,3,6-9,11H2,1-2H3. The molecule has 0 amide bonds. The molecule has 8 heteroatoms. The second-order valence-corrected chi connectivity index (χ2v) is 10.0. The Morgan fingerprint density at radius 1 is 1.46 bits per heavy atom. The number of hydrogen-bond acceptors (Lipinski definition) is 6. The third-order valence-corrected chi connectivity index (χ3v) is 5.22. The van der Waals surface area contributed by atoms with Gasteiger partial charge in [0.15, 0.2) is 5.84 Å². The molecular weight excluding hydrogens is 334 g/mol. The molecule has 0 radical (unpaired) electrons. The van der Waals surface area contributed by atoms with Gasteiger partial charge in [-0.1, -0.05) is 5.16 Å². The van der Waals surface area contributed by atoms with Gasteiger partial charge in [0.25, 0.3) is 0 Å². The van der Waals surface area contributed by atoms with Gasteiger partial charge in [0.05, 0.1) is 25.5 Å². The maximum absolute atomic E-state index is 13.8. The molecule has 0 saturated heterocycles. The molecule has 132 valence electrons. The van der Waals surface area contributed by atoms with Gasteiger partial charge in [0.2, 0.25) is 5.72 Å². The van der Waals surface area contributed by atoms with Crippen LogP contribution in [0.25, 0.3) is 0 Å². The lowest BCUT2D eigenvalue weighted by molar-refractivity contribution is -0.128.